The SMILES string of the molecule is COC(=O)CCCc1ccc2c(c1)CCC2. The highest BCUT2D eigenvalue weighted by Gasteiger charge is 2.10. The molecule has 0 aromatic heterocycles. The van der Waals surface area contributed by atoms with E-state index < -0.39 is 0 Å². The molecular formula is C14H18O2. The van der Waals surface area contributed by atoms with Crippen LogP contribution in [0, 0.1) is 0 Å². The molecule has 0 aliphatic heterocycles. The van der Waals surface area contributed by atoms with Crippen LogP contribution in [0.5, 0.6) is 0 Å². The molecule has 1 aromatic rings. The van der Waals surface area contributed by atoms with Crippen molar-refractivity contribution in [1.82, 2.24) is 0 Å². The largest absolute Gasteiger partial charge is 0.469 e. The number of methoxy groups -OCH3 is 1. The lowest BCUT2D eigenvalue weighted by Crippen LogP contribution is -2.00. The van der Waals surface area contributed by atoms with Crippen LogP contribution in [-0.4, -0.2) is 13.1 Å². The van der Waals surface area contributed by atoms with Gasteiger partial charge in [-0.25, -0.2) is 0 Å². The Morgan fingerprint density at radius 1 is 1.31 bits per heavy atom. The Bertz CT molecular complexity index is 382. The topological polar surface area (TPSA) is 26.3 Å². The summed E-state index contributed by atoms with van der Waals surface area (Å²) in [5.74, 6) is -0.110. The van der Waals surface area contributed by atoms with E-state index in [2.05, 4.69) is 22.9 Å². The lowest BCUT2D eigenvalue weighted by atomic mass is 10.0. The Morgan fingerprint density at radius 3 is 2.94 bits per heavy atom. The van der Waals surface area contributed by atoms with Gasteiger partial charge in [-0.05, 0) is 48.8 Å². The molecule has 0 fully saturated rings. The number of esters is 1. The van der Waals surface area contributed by atoms with Crippen molar-refractivity contribution in [3.8, 4) is 0 Å². The van der Waals surface area contributed by atoms with Crippen LogP contribution in [0.2, 0.25) is 0 Å². The van der Waals surface area contributed by atoms with Crippen molar-refractivity contribution < 1.29 is 9.53 Å². The van der Waals surface area contributed by atoms with Gasteiger partial charge >= 0.3 is 5.97 Å². The zero-order chi connectivity index (χ0) is 11.4. The van der Waals surface area contributed by atoms with Gasteiger partial charge in [0.2, 0.25) is 0 Å². The molecule has 0 saturated heterocycles. The number of ether oxygens (including phenoxy) is 1. The quantitative estimate of drug-likeness (QED) is 0.726. The number of benzene rings is 1. The molecule has 1 aromatic carbocycles. The maximum Gasteiger partial charge on any atom is 0.305 e. The van der Waals surface area contributed by atoms with Crippen LogP contribution in [0.25, 0.3) is 0 Å². The van der Waals surface area contributed by atoms with Gasteiger partial charge in [-0.3, -0.25) is 4.79 Å². The third-order valence-corrected chi connectivity index (χ3v) is 3.24. The summed E-state index contributed by atoms with van der Waals surface area (Å²) in [5, 5.41) is 0. The van der Waals surface area contributed by atoms with Crippen molar-refractivity contribution >= 4 is 5.97 Å². The lowest BCUT2D eigenvalue weighted by Gasteiger charge is -2.04. The molecule has 1 aliphatic carbocycles. The maximum atomic E-state index is 11.0. The molecule has 0 atom stereocenters. The fourth-order valence-corrected chi connectivity index (χ4v) is 2.32. The minimum atomic E-state index is -0.110. The predicted octanol–water partition coefficient (Wildman–Crippen LogP) is 2.67. The van der Waals surface area contributed by atoms with E-state index in [1.165, 1.54) is 43.1 Å². The Morgan fingerprint density at radius 2 is 2.12 bits per heavy atom. The van der Waals surface area contributed by atoms with Crippen LogP contribution >= 0.6 is 0 Å². The Labute approximate surface area is 96.6 Å². The standard InChI is InChI=1S/C14H18O2/c1-16-14(15)7-2-4-11-8-9-12-5-3-6-13(12)10-11/h8-10H,2-7H2,1H3. The number of carbonyl (C=O) groups is 1. The highest BCUT2D eigenvalue weighted by atomic mass is 16.5. The van der Waals surface area contributed by atoms with Crippen molar-refractivity contribution in [1.29, 1.82) is 0 Å². The van der Waals surface area contributed by atoms with E-state index in [0.29, 0.717) is 6.42 Å². The van der Waals surface area contributed by atoms with Gasteiger partial charge in [-0.1, -0.05) is 18.2 Å². The smallest absolute Gasteiger partial charge is 0.305 e. The first-order chi connectivity index (χ1) is 7.79. The summed E-state index contributed by atoms with van der Waals surface area (Å²) in [5.41, 5.74) is 4.37. The first-order valence-electron chi connectivity index (χ1n) is 5.97. The highest BCUT2D eigenvalue weighted by molar-refractivity contribution is 5.69. The molecule has 2 rings (SSSR count). The molecule has 0 radical (unpaired) electrons. The number of aryl methyl sites for hydroxylation is 3. The highest BCUT2D eigenvalue weighted by Crippen LogP contribution is 2.23. The summed E-state index contributed by atoms with van der Waals surface area (Å²) in [6.07, 6.45) is 6.13. The first kappa shape index (κ1) is 11.2. The molecule has 0 unspecified atom stereocenters. The second kappa shape index (κ2) is 5.15. The maximum absolute atomic E-state index is 11.0. The van der Waals surface area contributed by atoms with E-state index in [-0.39, 0.29) is 5.97 Å². The Kier molecular flexibility index (Phi) is 3.60. The van der Waals surface area contributed by atoms with Gasteiger partial charge in [0.25, 0.3) is 0 Å². The molecule has 0 N–H and O–H groups in total. The summed E-state index contributed by atoms with van der Waals surface area (Å²) >= 11 is 0. The average Bonchev–Trinajstić information content (AvgIpc) is 2.76. The van der Waals surface area contributed by atoms with E-state index in [4.69, 9.17) is 0 Å². The Balaban J connectivity index is 1.88. The lowest BCUT2D eigenvalue weighted by molar-refractivity contribution is -0.140. The minimum absolute atomic E-state index is 0.110. The molecule has 86 valence electrons. The molecule has 0 bridgehead atoms. The van der Waals surface area contributed by atoms with E-state index in [9.17, 15) is 4.79 Å². The van der Waals surface area contributed by atoms with Crippen LogP contribution in [0.1, 0.15) is 36.0 Å². The van der Waals surface area contributed by atoms with Gasteiger partial charge in [0.1, 0.15) is 0 Å². The molecule has 0 spiro atoms. The van der Waals surface area contributed by atoms with Crippen LogP contribution in [0.15, 0.2) is 18.2 Å². The summed E-state index contributed by atoms with van der Waals surface area (Å²) in [6, 6.07) is 6.75. The Hall–Kier alpha value is -1.31. The number of hydrogen-bond donors (Lipinski definition) is 0. The van der Waals surface area contributed by atoms with Crippen molar-refractivity contribution in [2.24, 2.45) is 0 Å². The van der Waals surface area contributed by atoms with Gasteiger partial charge in [-0.15, -0.1) is 0 Å². The predicted molar refractivity (Wildman–Crippen MR) is 63.4 cm³/mol. The van der Waals surface area contributed by atoms with Gasteiger partial charge in [0.05, 0.1) is 7.11 Å². The van der Waals surface area contributed by atoms with Gasteiger partial charge in [0, 0.05) is 6.42 Å². The van der Waals surface area contributed by atoms with Crippen LogP contribution in [0.3, 0.4) is 0 Å². The third-order valence-electron chi connectivity index (χ3n) is 3.24. The van der Waals surface area contributed by atoms with Crippen molar-refractivity contribution in [2.75, 3.05) is 7.11 Å². The fourth-order valence-electron chi connectivity index (χ4n) is 2.32. The first-order valence-corrected chi connectivity index (χ1v) is 5.97. The van der Waals surface area contributed by atoms with Crippen molar-refractivity contribution in [3.63, 3.8) is 0 Å². The summed E-state index contributed by atoms with van der Waals surface area (Å²) in [4.78, 5) is 11.0. The molecule has 0 amide bonds. The van der Waals surface area contributed by atoms with Gasteiger partial charge in [0.15, 0.2) is 0 Å². The molecule has 0 saturated carbocycles. The molecule has 0 heterocycles. The zero-order valence-corrected chi connectivity index (χ0v) is 9.79. The van der Waals surface area contributed by atoms with Crippen LogP contribution in [-0.2, 0) is 28.8 Å². The van der Waals surface area contributed by atoms with Gasteiger partial charge < -0.3 is 4.74 Å². The van der Waals surface area contributed by atoms with Gasteiger partial charge in [-0.2, -0.15) is 0 Å². The zero-order valence-electron chi connectivity index (χ0n) is 9.79. The molecular weight excluding hydrogens is 200 g/mol. The molecule has 16 heavy (non-hydrogen) atoms. The number of rotatable bonds is 4. The van der Waals surface area contributed by atoms with E-state index >= 15 is 0 Å². The minimum Gasteiger partial charge on any atom is -0.469 e. The summed E-state index contributed by atoms with van der Waals surface area (Å²) < 4.78 is 4.62. The van der Waals surface area contributed by atoms with E-state index in [1.54, 1.807) is 0 Å². The average molecular weight is 218 g/mol. The monoisotopic (exact) mass is 218 g/mol. The van der Waals surface area contributed by atoms with Crippen molar-refractivity contribution in [2.45, 2.75) is 38.5 Å². The number of fused-ring (bicyclic) bond motifs is 1. The summed E-state index contributed by atoms with van der Waals surface area (Å²) in [6.45, 7) is 0. The number of carbonyl (C=O) groups excluding carboxylic acids is 1. The molecule has 1 aliphatic rings. The molecule has 2 nitrogen and oxygen atoms in total. The number of hydrogen-bond acceptors (Lipinski definition) is 2. The van der Waals surface area contributed by atoms with E-state index in [1.807, 2.05) is 0 Å². The molecule has 2 heteroatoms. The fraction of sp³-hybridized carbons (Fsp3) is 0.500. The summed E-state index contributed by atoms with van der Waals surface area (Å²) in [7, 11) is 1.44. The normalized spacial score (nSPS) is 13.6. The third kappa shape index (κ3) is 2.63. The van der Waals surface area contributed by atoms with Crippen molar-refractivity contribution in [3.05, 3.63) is 34.9 Å². The second-order valence-corrected chi connectivity index (χ2v) is 4.39. The van der Waals surface area contributed by atoms with E-state index in [0.717, 1.165) is 12.8 Å². The second-order valence-electron chi connectivity index (χ2n) is 4.39. The van der Waals surface area contributed by atoms with Crippen LogP contribution in [0.4, 0.5) is 0 Å². The van der Waals surface area contributed by atoms with Crippen LogP contribution < -0.4 is 0 Å².